The Morgan fingerprint density at radius 3 is 1.50 bits per heavy atom. The molecule has 4 heterocycles. The first-order valence-corrected chi connectivity index (χ1v) is 17.7. The van der Waals surface area contributed by atoms with Gasteiger partial charge in [-0.3, -0.25) is 14.4 Å². The van der Waals surface area contributed by atoms with Gasteiger partial charge >= 0.3 is 14.2 Å². The van der Waals surface area contributed by atoms with Gasteiger partial charge in [-0.1, -0.05) is 28.1 Å². The average molecular weight is 780 g/mol. The maximum atomic E-state index is 12.1. The number of amides is 3. The highest BCUT2D eigenvalue weighted by molar-refractivity contribution is 9.10. The molecule has 13 nitrogen and oxygen atoms in total. The highest BCUT2D eigenvalue weighted by Gasteiger charge is 2.52. The molecule has 3 amide bonds. The van der Waals surface area contributed by atoms with Gasteiger partial charge in [0.05, 0.1) is 49.2 Å². The van der Waals surface area contributed by atoms with Crippen molar-refractivity contribution in [3.05, 3.63) is 74.3 Å². The number of halogens is 1. The Morgan fingerprint density at radius 2 is 1.06 bits per heavy atom. The van der Waals surface area contributed by atoms with Gasteiger partial charge in [-0.2, -0.15) is 0 Å². The second kappa shape index (κ2) is 15.9. The van der Waals surface area contributed by atoms with Gasteiger partial charge < -0.3 is 49.5 Å². The van der Waals surface area contributed by atoms with Gasteiger partial charge in [0.25, 0.3) is 17.7 Å². The minimum Gasteiger partial charge on any atom is -0.496 e. The molecular weight excluding hydrogens is 736 g/mol. The lowest BCUT2D eigenvalue weighted by Gasteiger charge is -2.32. The van der Waals surface area contributed by atoms with Crippen LogP contribution in [0.2, 0.25) is 0 Å². The van der Waals surface area contributed by atoms with Crippen molar-refractivity contribution in [2.75, 3.05) is 41.0 Å². The zero-order valence-electron chi connectivity index (χ0n) is 30.4. The highest BCUT2D eigenvalue weighted by atomic mass is 79.9. The molecule has 0 radical (unpaired) electrons. The molecule has 0 atom stereocenters. The fraction of sp³-hybridized carbons (Fsp3) is 0.417. The van der Waals surface area contributed by atoms with Crippen molar-refractivity contribution in [3.8, 4) is 17.2 Å². The summed E-state index contributed by atoms with van der Waals surface area (Å²) in [6.45, 7) is 9.99. The van der Waals surface area contributed by atoms with Gasteiger partial charge in [0.2, 0.25) is 0 Å². The van der Waals surface area contributed by atoms with Gasteiger partial charge in [-0.25, -0.2) is 0 Å². The number of hydrogen-bond acceptors (Lipinski definition) is 10. The van der Waals surface area contributed by atoms with E-state index in [-0.39, 0.29) is 17.7 Å². The second-order valence-electron chi connectivity index (χ2n) is 13.6. The third-order valence-corrected chi connectivity index (χ3v) is 10.2. The number of rotatable bonds is 5. The lowest BCUT2D eigenvalue weighted by atomic mass is 9.76. The summed E-state index contributed by atoms with van der Waals surface area (Å²) in [5, 5.41) is 26.6. The Balaban J connectivity index is 0.000000156. The predicted molar refractivity (Wildman–Crippen MR) is 200 cm³/mol. The standard InChI is InChI=1S/C16H22BNO4.C10H12BNO4.C10H10BrNO2/c1-15(2)16(3,4)22-17(21-15)11-8-10-6-7-18-14(19)13(10)12(9-11)20-5;1-16-8-5-7(11(14)15)4-6-2-3-12-10(13)9(6)8;1-14-8-5-7(11)4-6-2-3-12-10(13)9(6)8/h8-9H,6-7H2,1-5H3,(H,18,19);4-5,14-15H,2-3H2,1H3,(H,12,13);4-5H,2-3H2,1H3,(H,12,13). The quantitative estimate of drug-likeness (QED) is 0.240. The third-order valence-electron chi connectivity index (χ3n) is 9.77. The summed E-state index contributed by atoms with van der Waals surface area (Å²) in [6, 6.07) is 10.7. The van der Waals surface area contributed by atoms with Crippen molar-refractivity contribution in [1.82, 2.24) is 16.0 Å². The van der Waals surface area contributed by atoms with Gasteiger partial charge in [-0.15, -0.1) is 0 Å². The van der Waals surface area contributed by atoms with Gasteiger partial charge in [0.1, 0.15) is 17.2 Å². The molecule has 0 unspecified atom stereocenters. The number of nitrogens with one attached hydrogen (secondary N) is 3. The monoisotopic (exact) mass is 779 g/mol. The number of benzene rings is 3. The van der Waals surface area contributed by atoms with Crippen LogP contribution < -0.4 is 41.1 Å². The summed E-state index contributed by atoms with van der Waals surface area (Å²) in [5.41, 5.74) is 5.03. The van der Waals surface area contributed by atoms with E-state index in [2.05, 4.69) is 31.9 Å². The minimum atomic E-state index is -1.55. The summed E-state index contributed by atoms with van der Waals surface area (Å²) >= 11 is 3.39. The molecule has 16 heteroatoms. The van der Waals surface area contributed by atoms with Crippen LogP contribution in [0.5, 0.6) is 17.2 Å². The van der Waals surface area contributed by atoms with Crippen LogP contribution in [-0.2, 0) is 28.6 Å². The Kier molecular flexibility index (Phi) is 12.0. The number of hydrogen-bond donors (Lipinski definition) is 5. The molecule has 4 aliphatic heterocycles. The van der Waals surface area contributed by atoms with E-state index in [9.17, 15) is 14.4 Å². The van der Waals surface area contributed by atoms with Crippen LogP contribution in [0.1, 0.15) is 75.5 Å². The molecule has 1 saturated heterocycles. The Labute approximate surface area is 312 Å². The maximum Gasteiger partial charge on any atom is 0.494 e. The fourth-order valence-electron chi connectivity index (χ4n) is 6.34. The number of methoxy groups -OCH3 is 3. The molecule has 3 aromatic rings. The molecule has 0 bridgehead atoms. The molecule has 276 valence electrons. The van der Waals surface area contributed by atoms with Crippen LogP contribution in [0.4, 0.5) is 0 Å². The van der Waals surface area contributed by atoms with Gasteiger partial charge in [0.15, 0.2) is 0 Å². The van der Waals surface area contributed by atoms with Crippen LogP contribution >= 0.6 is 15.9 Å². The molecule has 0 aromatic heterocycles. The van der Waals surface area contributed by atoms with Crippen molar-refractivity contribution in [3.63, 3.8) is 0 Å². The van der Waals surface area contributed by atoms with Crippen molar-refractivity contribution in [2.24, 2.45) is 0 Å². The second-order valence-corrected chi connectivity index (χ2v) is 14.6. The summed E-state index contributed by atoms with van der Waals surface area (Å²) in [4.78, 5) is 35.3. The molecule has 4 aliphatic rings. The highest BCUT2D eigenvalue weighted by Crippen LogP contribution is 2.37. The number of ether oxygens (including phenoxy) is 3. The Morgan fingerprint density at radius 1 is 0.654 bits per heavy atom. The molecule has 5 N–H and O–H groups in total. The van der Waals surface area contributed by atoms with Crippen LogP contribution in [-0.4, -0.2) is 94.2 Å². The van der Waals surface area contributed by atoms with Gasteiger partial charge in [0, 0.05) is 24.1 Å². The van der Waals surface area contributed by atoms with Gasteiger partial charge in [-0.05, 0) is 98.8 Å². The van der Waals surface area contributed by atoms with E-state index in [1.165, 1.54) is 13.2 Å². The summed E-state index contributed by atoms with van der Waals surface area (Å²) < 4.78 is 28.8. The molecule has 3 aromatic carbocycles. The van der Waals surface area contributed by atoms with Crippen LogP contribution in [0.3, 0.4) is 0 Å². The van der Waals surface area contributed by atoms with Crippen LogP contribution in [0.25, 0.3) is 0 Å². The molecule has 0 spiro atoms. The van der Waals surface area contributed by atoms with E-state index < -0.39 is 25.4 Å². The van der Waals surface area contributed by atoms with Crippen LogP contribution in [0.15, 0.2) is 40.9 Å². The molecule has 52 heavy (non-hydrogen) atoms. The topological polar surface area (TPSA) is 174 Å². The van der Waals surface area contributed by atoms with E-state index in [4.69, 9.17) is 33.6 Å². The number of carbonyl (C=O) groups excluding carboxylic acids is 3. The largest absolute Gasteiger partial charge is 0.496 e. The Hall–Kier alpha value is -4.08. The van der Waals surface area contributed by atoms with Crippen molar-refractivity contribution >= 4 is 58.8 Å². The first kappa shape index (κ1) is 39.1. The molecule has 0 aliphatic carbocycles. The van der Waals surface area contributed by atoms with E-state index in [0.717, 1.165) is 39.5 Å². The summed E-state index contributed by atoms with van der Waals surface area (Å²) in [7, 11) is 2.60. The average Bonchev–Trinajstić information content (AvgIpc) is 3.33. The van der Waals surface area contributed by atoms with Crippen molar-refractivity contribution in [2.45, 2.75) is 58.2 Å². The maximum absolute atomic E-state index is 12.1. The number of fused-ring (bicyclic) bond motifs is 3. The van der Waals surface area contributed by atoms with E-state index in [1.54, 1.807) is 20.3 Å². The fourth-order valence-corrected chi connectivity index (χ4v) is 6.82. The summed E-state index contributed by atoms with van der Waals surface area (Å²) in [6.07, 6.45) is 2.31. The van der Waals surface area contributed by atoms with E-state index >= 15 is 0 Å². The van der Waals surface area contributed by atoms with Crippen LogP contribution in [0, 0.1) is 0 Å². The zero-order chi connectivity index (χ0) is 38.0. The predicted octanol–water partition coefficient (Wildman–Crippen LogP) is 1.68. The Bertz CT molecular complexity index is 1800. The first-order chi connectivity index (χ1) is 24.6. The molecule has 1 fully saturated rings. The molecule has 7 rings (SSSR count). The van der Waals surface area contributed by atoms with E-state index in [0.29, 0.717) is 65.5 Å². The first-order valence-electron chi connectivity index (χ1n) is 16.9. The van der Waals surface area contributed by atoms with Crippen molar-refractivity contribution in [1.29, 1.82) is 0 Å². The lowest BCUT2D eigenvalue weighted by Crippen LogP contribution is -2.41. The molecule has 0 saturated carbocycles. The zero-order valence-corrected chi connectivity index (χ0v) is 32.0. The SMILES string of the molecule is COc1cc(B(O)O)cc2c1C(=O)NCC2.COc1cc(B2OC(C)(C)C(C)(C)O2)cc2c1C(=O)NCC2.COc1cc(Br)cc2c1C(=O)NCC2. The molecular formula is C36H44B2BrN3O10. The van der Waals surface area contributed by atoms with E-state index in [1.807, 2.05) is 52.0 Å². The smallest absolute Gasteiger partial charge is 0.494 e. The summed E-state index contributed by atoms with van der Waals surface area (Å²) in [5.74, 6) is 1.26. The minimum absolute atomic E-state index is 0.0457. The lowest BCUT2D eigenvalue weighted by molar-refractivity contribution is 0.00578. The third kappa shape index (κ3) is 8.11. The number of carbonyl (C=O) groups is 3. The normalized spacial score (nSPS) is 17.7. The van der Waals surface area contributed by atoms with Crippen molar-refractivity contribution < 1.29 is 48.0 Å².